The summed E-state index contributed by atoms with van der Waals surface area (Å²) >= 11 is 0. The van der Waals surface area contributed by atoms with E-state index in [0.717, 1.165) is 29.9 Å². The van der Waals surface area contributed by atoms with Crippen LogP contribution in [-0.2, 0) is 11.2 Å². The summed E-state index contributed by atoms with van der Waals surface area (Å²) in [5.74, 6) is 0.0179. The molecule has 1 N–H and O–H groups in total. The van der Waals surface area contributed by atoms with Crippen LogP contribution in [0.1, 0.15) is 47.2 Å². The molecule has 27 heavy (non-hydrogen) atoms. The van der Waals surface area contributed by atoms with E-state index in [-0.39, 0.29) is 11.7 Å². The standard InChI is InChI=1S/C23H24N2O2/c26-22(19-7-11-21-18(16-19)8-13-23(27)24-21)12-6-17-4-9-20(10-5-17)25-14-2-1-3-15-25/h4-7,9-12,16H,1-3,8,13-15H2,(H,24,27)/b12-6+. The lowest BCUT2D eigenvalue weighted by molar-refractivity contribution is -0.116. The Hall–Kier alpha value is -2.88. The first kappa shape index (κ1) is 17.5. The minimum Gasteiger partial charge on any atom is -0.372 e. The molecule has 2 aromatic carbocycles. The van der Waals surface area contributed by atoms with Crippen LogP contribution >= 0.6 is 0 Å². The van der Waals surface area contributed by atoms with Crippen molar-refractivity contribution in [2.24, 2.45) is 0 Å². The van der Waals surface area contributed by atoms with E-state index in [1.807, 2.05) is 18.2 Å². The Labute approximate surface area is 159 Å². The van der Waals surface area contributed by atoms with Gasteiger partial charge in [0.15, 0.2) is 5.78 Å². The van der Waals surface area contributed by atoms with Crippen molar-refractivity contribution in [3.63, 3.8) is 0 Å². The lowest BCUT2D eigenvalue weighted by Gasteiger charge is -2.28. The molecule has 2 heterocycles. The molecule has 4 rings (SSSR count). The van der Waals surface area contributed by atoms with E-state index in [0.29, 0.717) is 18.4 Å². The first-order chi connectivity index (χ1) is 13.2. The monoisotopic (exact) mass is 360 g/mol. The normalized spacial score (nSPS) is 16.9. The number of rotatable bonds is 4. The molecule has 2 aromatic rings. The lowest BCUT2D eigenvalue weighted by atomic mass is 9.98. The topological polar surface area (TPSA) is 49.4 Å². The fraction of sp³-hybridized carbons (Fsp3) is 0.304. The third kappa shape index (κ3) is 4.11. The predicted octanol–water partition coefficient (Wildman–Crippen LogP) is 4.46. The number of amides is 1. The number of piperidine rings is 1. The highest BCUT2D eigenvalue weighted by Crippen LogP contribution is 2.24. The Morgan fingerprint density at radius 3 is 2.52 bits per heavy atom. The van der Waals surface area contributed by atoms with Crippen LogP contribution in [0.15, 0.2) is 48.5 Å². The zero-order valence-corrected chi connectivity index (χ0v) is 15.4. The minimum atomic E-state index is -0.0187. The van der Waals surface area contributed by atoms with Crippen molar-refractivity contribution in [3.8, 4) is 0 Å². The van der Waals surface area contributed by atoms with Crippen molar-refractivity contribution in [2.75, 3.05) is 23.3 Å². The number of fused-ring (bicyclic) bond motifs is 1. The van der Waals surface area contributed by atoms with E-state index < -0.39 is 0 Å². The molecule has 2 aliphatic rings. The molecule has 1 fully saturated rings. The molecule has 0 aliphatic carbocycles. The fourth-order valence-corrected chi connectivity index (χ4v) is 3.75. The molecule has 0 bridgehead atoms. The molecule has 0 spiro atoms. The fourth-order valence-electron chi connectivity index (χ4n) is 3.75. The number of hydrogen-bond donors (Lipinski definition) is 1. The Kier molecular flexibility index (Phi) is 5.05. The SMILES string of the molecule is O=C1CCc2cc(C(=O)/C=C/c3ccc(N4CCCCC4)cc3)ccc2N1. The number of carbonyl (C=O) groups excluding carboxylic acids is 2. The van der Waals surface area contributed by atoms with E-state index in [1.165, 1.54) is 24.9 Å². The Balaban J connectivity index is 1.43. The summed E-state index contributed by atoms with van der Waals surface area (Å²) < 4.78 is 0. The van der Waals surface area contributed by atoms with Crippen LogP contribution in [0.2, 0.25) is 0 Å². The number of benzene rings is 2. The molecule has 4 nitrogen and oxygen atoms in total. The molecule has 0 saturated carbocycles. The average Bonchev–Trinajstić information content (AvgIpc) is 2.72. The van der Waals surface area contributed by atoms with Gasteiger partial charge >= 0.3 is 0 Å². The second kappa shape index (κ2) is 7.78. The van der Waals surface area contributed by atoms with Gasteiger partial charge in [-0.15, -0.1) is 0 Å². The van der Waals surface area contributed by atoms with Gasteiger partial charge in [-0.05, 0) is 73.2 Å². The summed E-state index contributed by atoms with van der Waals surface area (Å²) in [5, 5.41) is 2.84. The van der Waals surface area contributed by atoms with E-state index in [1.54, 1.807) is 12.1 Å². The highest BCUT2D eigenvalue weighted by Gasteiger charge is 2.16. The van der Waals surface area contributed by atoms with Gasteiger partial charge in [0.2, 0.25) is 5.91 Å². The molecule has 0 radical (unpaired) electrons. The summed E-state index contributed by atoms with van der Waals surface area (Å²) in [6.45, 7) is 2.26. The first-order valence-electron chi connectivity index (χ1n) is 9.69. The molecular formula is C23H24N2O2. The highest BCUT2D eigenvalue weighted by atomic mass is 16.1. The lowest BCUT2D eigenvalue weighted by Crippen LogP contribution is -2.29. The molecule has 2 aliphatic heterocycles. The van der Waals surface area contributed by atoms with Gasteiger partial charge in [-0.3, -0.25) is 9.59 Å². The second-order valence-corrected chi connectivity index (χ2v) is 7.26. The Morgan fingerprint density at radius 1 is 0.963 bits per heavy atom. The summed E-state index contributed by atoms with van der Waals surface area (Å²) in [7, 11) is 0. The Bertz CT molecular complexity index is 878. The molecule has 138 valence electrons. The number of aryl methyl sites for hydroxylation is 1. The maximum Gasteiger partial charge on any atom is 0.224 e. The van der Waals surface area contributed by atoms with Gasteiger partial charge in [-0.2, -0.15) is 0 Å². The third-order valence-corrected chi connectivity index (χ3v) is 5.33. The minimum absolute atomic E-state index is 0.0187. The zero-order valence-electron chi connectivity index (χ0n) is 15.4. The Morgan fingerprint density at radius 2 is 1.74 bits per heavy atom. The summed E-state index contributed by atoms with van der Waals surface area (Å²) in [4.78, 5) is 26.4. The van der Waals surface area contributed by atoms with Gasteiger partial charge < -0.3 is 10.2 Å². The highest BCUT2D eigenvalue weighted by molar-refractivity contribution is 6.07. The average molecular weight is 360 g/mol. The molecular weight excluding hydrogens is 336 g/mol. The van der Waals surface area contributed by atoms with Crippen molar-refractivity contribution in [1.82, 2.24) is 0 Å². The van der Waals surface area contributed by atoms with Crippen LogP contribution in [0.3, 0.4) is 0 Å². The van der Waals surface area contributed by atoms with Gasteiger partial charge in [-0.1, -0.05) is 18.2 Å². The molecule has 0 aromatic heterocycles. The van der Waals surface area contributed by atoms with E-state index >= 15 is 0 Å². The first-order valence-corrected chi connectivity index (χ1v) is 9.69. The van der Waals surface area contributed by atoms with Crippen LogP contribution < -0.4 is 10.2 Å². The van der Waals surface area contributed by atoms with Crippen LogP contribution in [-0.4, -0.2) is 24.8 Å². The number of carbonyl (C=O) groups is 2. The van der Waals surface area contributed by atoms with Gasteiger partial charge in [0.05, 0.1) is 0 Å². The molecule has 0 unspecified atom stereocenters. The summed E-state index contributed by atoms with van der Waals surface area (Å²) in [5.41, 5.74) is 4.79. The number of nitrogens with one attached hydrogen (secondary N) is 1. The quantitative estimate of drug-likeness (QED) is 0.647. The van der Waals surface area contributed by atoms with E-state index in [4.69, 9.17) is 0 Å². The largest absolute Gasteiger partial charge is 0.372 e. The number of anilines is 2. The zero-order chi connectivity index (χ0) is 18.6. The van der Waals surface area contributed by atoms with E-state index in [9.17, 15) is 9.59 Å². The number of ketones is 1. The van der Waals surface area contributed by atoms with Crippen LogP contribution in [0.5, 0.6) is 0 Å². The van der Waals surface area contributed by atoms with E-state index in [2.05, 4.69) is 34.5 Å². The number of hydrogen-bond acceptors (Lipinski definition) is 3. The maximum absolute atomic E-state index is 12.5. The predicted molar refractivity (Wildman–Crippen MR) is 109 cm³/mol. The molecule has 4 heteroatoms. The van der Waals surface area contributed by atoms with Crippen molar-refractivity contribution in [3.05, 3.63) is 65.2 Å². The van der Waals surface area contributed by atoms with Gasteiger partial charge in [0.25, 0.3) is 0 Å². The van der Waals surface area contributed by atoms with Gasteiger partial charge in [0, 0.05) is 36.4 Å². The molecule has 1 amide bonds. The van der Waals surface area contributed by atoms with Crippen molar-refractivity contribution < 1.29 is 9.59 Å². The number of allylic oxidation sites excluding steroid dienone is 1. The summed E-state index contributed by atoms with van der Waals surface area (Å²) in [6.07, 6.45) is 8.51. The smallest absolute Gasteiger partial charge is 0.224 e. The summed E-state index contributed by atoms with van der Waals surface area (Å²) in [6, 6.07) is 13.9. The van der Waals surface area contributed by atoms with Gasteiger partial charge in [-0.25, -0.2) is 0 Å². The van der Waals surface area contributed by atoms with Crippen LogP contribution in [0.4, 0.5) is 11.4 Å². The van der Waals surface area contributed by atoms with Crippen LogP contribution in [0.25, 0.3) is 6.08 Å². The number of nitrogens with zero attached hydrogens (tertiary/aromatic N) is 1. The molecule has 1 saturated heterocycles. The van der Waals surface area contributed by atoms with Crippen LogP contribution in [0, 0.1) is 0 Å². The molecule has 0 atom stereocenters. The van der Waals surface area contributed by atoms with Crippen molar-refractivity contribution >= 4 is 29.1 Å². The third-order valence-electron chi connectivity index (χ3n) is 5.33. The van der Waals surface area contributed by atoms with Crippen molar-refractivity contribution in [2.45, 2.75) is 32.1 Å². The van der Waals surface area contributed by atoms with Gasteiger partial charge in [0.1, 0.15) is 0 Å². The second-order valence-electron chi connectivity index (χ2n) is 7.26. The van der Waals surface area contributed by atoms with Crippen molar-refractivity contribution in [1.29, 1.82) is 0 Å². The maximum atomic E-state index is 12.5.